The molecule has 0 saturated heterocycles. The molecule has 1 aliphatic heterocycles. The molecule has 1 aliphatic rings. The lowest BCUT2D eigenvalue weighted by molar-refractivity contribution is -0.116. The van der Waals surface area contributed by atoms with Crippen LogP contribution < -0.4 is 20.1 Å². The van der Waals surface area contributed by atoms with E-state index in [4.69, 9.17) is 4.74 Å². The number of carbonyl (C=O) groups is 1. The second-order valence-corrected chi connectivity index (χ2v) is 9.21. The predicted octanol–water partition coefficient (Wildman–Crippen LogP) is 2.28. The molecule has 0 unspecified atom stereocenters. The number of anilines is 2. The maximum atomic E-state index is 11.9. The lowest BCUT2D eigenvalue weighted by atomic mass is 10.2. The van der Waals surface area contributed by atoms with E-state index < -0.39 is 14.8 Å². The van der Waals surface area contributed by atoms with Gasteiger partial charge in [0.05, 0.1) is 10.4 Å². The number of hydrogen-bond acceptors (Lipinski definition) is 5. The van der Waals surface area contributed by atoms with Crippen LogP contribution in [-0.2, 0) is 14.8 Å². The van der Waals surface area contributed by atoms with Crippen molar-refractivity contribution in [3.8, 4) is 5.75 Å². The Morgan fingerprint density at radius 1 is 1.29 bits per heavy atom. The fourth-order valence-corrected chi connectivity index (χ4v) is 2.97. The molecule has 0 spiro atoms. The van der Waals surface area contributed by atoms with Gasteiger partial charge in [0.25, 0.3) is 0 Å². The molecule has 1 aromatic carbocycles. The van der Waals surface area contributed by atoms with Crippen molar-refractivity contribution < 1.29 is 17.9 Å². The van der Waals surface area contributed by atoms with E-state index >= 15 is 0 Å². The van der Waals surface area contributed by atoms with Gasteiger partial charge in [-0.3, -0.25) is 4.79 Å². The number of fused-ring (bicyclic) bond motifs is 1. The molecule has 0 atom stereocenters. The van der Waals surface area contributed by atoms with Crippen molar-refractivity contribution in [2.45, 2.75) is 44.8 Å². The predicted molar refractivity (Wildman–Crippen MR) is 94.7 cm³/mol. The maximum Gasteiger partial charge on any atom is 0.224 e. The zero-order valence-electron chi connectivity index (χ0n) is 14.3. The molecular formula is C16H25N3O4S. The Balaban J connectivity index is 1.69. The van der Waals surface area contributed by atoms with E-state index in [9.17, 15) is 13.2 Å². The van der Waals surface area contributed by atoms with E-state index in [1.165, 1.54) is 0 Å². The zero-order valence-corrected chi connectivity index (χ0v) is 15.1. The molecule has 134 valence electrons. The number of sulfonamides is 1. The van der Waals surface area contributed by atoms with Crippen LogP contribution in [0.25, 0.3) is 0 Å². The summed E-state index contributed by atoms with van der Waals surface area (Å²) in [5.74, 6) is 0.687. The molecular weight excluding hydrogens is 330 g/mol. The summed E-state index contributed by atoms with van der Waals surface area (Å²) in [6.07, 6.45) is 1.57. The summed E-state index contributed by atoms with van der Waals surface area (Å²) in [7, 11) is -3.32. The Morgan fingerprint density at radius 3 is 2.75 bits per heavy atom. The first-order valence-corrected chi connectivity index (χ1v) is 9.47. The molecule has 1 aromatic rings. The van der Waals surface area contributed by atoms with Gasteiger partial charge in [0, 0.05) is 18.7 Å². The van der Waals surface area contributed by atoms with Gasteiger partial charge in [0.2, 0.25) is 15.9 Å². The largest absolute Gasteiger partial charge is 0.471 e. The monoisotopic (exact) mass is 355 g/mol. The Morgan fingerprint density at radius 2 is 2.04 bits per heavy atom. The molecule has 0 bridgehead atoms. The van der Waals surface area contributed by atoms with Crippen molar-refractivity contribution >= 4 is 27.3 Å². The Kier molecular flexibility index (Phi) is 5.71. The van der Waals surface area contributed by atoms with Gasteiger partial charge in [-0.25, -0.2) is 13.1 Å². The van der Waals surface area contributed by atoms with Gasteiger partial charge in [0.1, 0.15) is 5.75 Å². The van der Waals surface area contributed by atoms with E-state index in [0.29, 0.717) is 38.2 Å². The van der Waals surface area contributed by atoms with Crippen LogP contribution in [0.3, 0.4) is 0 Å². The molecule has 0 fully saturated rings. The SMILES string of the molecule is CC(C)(C)S(=O)(=O)NCCCCC(=O)Nc1ccc2c(c1)NCO2. The minimum atomic E-state index is -3.32. The molecule has 24 heavy (non-hydrogen) atoms. The highest BCUT2D eigenvalue weighted by atomic mass is 32.2. The van der Waals surface area contributed by atoms with Crippen LogP contribution in [0.5, 0.6) is 5.75 Å². The van der Waals surface area contributed by atoms with Gasteiger partial charge in [0.15, 0.2) is 6.73 Å². The van der Waals surface area contributed by atoms with Crippen molar-refractivity contribution in [2.75, 3.05) is 23.9 Å². The fourth-order valence-electron chi connectivity index (χ4n) is 2.12. The van der Waals surface area contributed by atoms with Gasteiger partial charge in [-0.1, -0.05) is 0 Å². The lowest BCUT2D eigenvalue weighted by Gasteiger charge is -2.19. The maximum absolute atomic E-state index is 11.9. The number of nitrogens with one attached hydrogen (secondary N) is 3. The summed E-state index contributed by atoms with van der Waals surface area (Å²) in [5, 5.41) is 5.89. The van der Waals surface area contributed by atoms with Gasteiger partial charge in [-0.2, -0.15) is 0 Å². The smallest absolute Gasteiger partial charge is 0.224 e. The normalized spacial score (nSPS) is 13.8. The molecule has 1 heterocycles. The van der Waals surface area contributed by atoms with E-state index in [-0.39, 0.29) is 5.91 Å². The summed E-state index contributed by atoms with van der Waals surface area (Å²) in [4.78, 5) is 11.9. The zero-order chi connectivity index (χ0) is 17.8. The van der Waals surface area contributed by atoms with Gasteiger partial charge < -0.3 is 15.4 Å². The number of amides is 1. The Bertz CT molecular complexity index is 696. The molecule has 8 heteroatoms. The highest BCUT2D eigenvalue weighted by Gasteiger charge is 2.27. The number of benzene rings is 1. The van der Waals surface area contributed by atoms with Gasteiger partial charge in [-0.15, -0.1) is 0 Å². The van der Waals surface area contributed by atoms with E-state index in [1.807, 2.05) is 12.1 Å². The lowest BCUT2D eigenvalue weighted by Crippen LogP contribution is -2.39. The molecule has 0 radical (unpaired) electrons. The second kappa shape index (κ2) is 7.40. The van der Waals surface area contributed by atoms with Crippen molar-refractivity contribution in [2.24, 2.45) is 0 Å². The summed E-state index contributed by atoms with van der Waals surface area (Å²) in [6, 6.07) is 5.44. The number of rotatable bonds is 7. The fraction of sp³-hybridized carbons (Fsp3) is 0.562. The quantitative estimate of drug-likeness (QED) is 0.652. The molecule has 1 amide bonds. The highest BCUT2D eigenvalue weighted by molar-refractivity contribution is 7.90. The van der Waals surface area contributed by atoms with Crippen LogP contribution in [0.4, 0.5) is 11.4 Å². The topological polar surface area (TPSA) is 96.5 Å². The van der Waals surface area contributed by atoms with E-state index in [0.717, 1.165) is 11.4 Å². The molecule has 0 saturated carbocycles. The first kappa shape index (κ1) is 18.5. The number of carbonyl (C=O) groups excluding carboxylic acids is 1. The third kappa shape index (κ3) is 4.85. The summed E-state index contributed by atoms with van der Waals surface area (Å²) < 4.78 is 30.8. The van der Waals surface area contributed by atoms with Crippen LogP contribution in [0, 0.1) is 0 Å². The summed E-state index contributed by atoms with van der Waals surface area (Å²) in [6.45, 7) is 5.74. The number of ether oxygens (including phenoxy) is 1. The van der Waals surface area contributed by atoms with Crippen LogP contribution >= 0.6 is 0 Å². The average Bonchev–Trinajstić information content (AvgIpc) is 2.93. The second-order valence-electron chi connectivity index (χ2n) is 6.69. The van der Waals surface area contributed by atoms with Crippen molar-refractivity contribution in [3.05, 3.63) is 18.2 Å². The molecule has 2 rings (SSSR count). The standard InChI is InChI=1S/C16H25N3O4S/c1-16(2,3)24(21,22)18-9-5-4-6-15(20)19-12-7-8-14-13(10-12)17-11-23-14/h7-8,10,17-18H,4-6,9,11H2,1-3H3,(H,19,20). The molecule has 7 nitrogen and oxygen atoms in total. The highest BCUT2D eigenvalue weighted by Crippen LogP contribution is 2.31. The van der Waals surface area contributed by atoms with Crippen LogP contribution in [0.1, 0.15) is 40.0 Å². The van der Waals surface area contributed by atoms with E-state index in [1.54, 1.807) is 26.8 Å². The molecule has 0 aromatic heterocycles. The number of unbranched alkanes of at least 4 members (excludes halogenated alkanes) is 1. The Hall–Kier alpha value is -1.80. The number of hydrogen-bond donors (Lipinski definition) is 3. The first-order valence-electron chi connectivity index (χ1n) is 7.99. The van der Waals surface area contributed by atoms with E-state index in [2.05, 4.69) is 15.4 Å². The van der Waals surface area contributed by atoms with Crippen LogP contribution in [0.2, 0.25) is 0 Å². The molecule has 0 aliphatic carbocycles. The Labute approximate surface area is 143 Å². The van der Waals surface area contributed by atoms with Crippen molar-refractivity contribution in [3.63, 3.8) is 0 Å². The summed E-state index contributed by atoms with van der Waals surface area (Å²) >= 11 is 0. The minimum absolute atomic E-state index is 0.0902. The minimum Gasteiger partial charge on any atom is -0.471 e. The molecule has 3 N–H and O–H groups in total. The van der Waals surface area contributed by atoms with Crippen molar-refractivity contribution in [1.82, 2.24) is 4.72 Å². The van der Waals surface area contributed by atoms with Crippen molar-refractivity contribution in [1.29, 1.82) is 0 Å². The summed E-state index contributed by atoms with van der Waals surface area (Å²) in [5.41, 5.74) is 1.58. The third-order valence-corrected chi connectivity index (χ3v) is 5.88. The van der Waals surface area contributed by atoms with Crippen LogP contribution in [0.15, 0.2) is 18.2 Å². The van der Waals surface area contributed by atoms with Gasteiger partial charge in [-0.05, 0) is 51.8 Å². The van der Waals surface area contributed by atoms with Gasteiger partial charge >= 0.3 is 0 Å². The third-order valence-electron chi connectivity index (χ3n) is 3.68. The first-order chi connectivity index (χ1) is 11.2. The average molecular weight is 355 g/mol. The van der Waals surface area contributed by atoms with Crippen LogP contribution in [-0.4, -0.2) is 32.3 Å².